The van der Waals surface area contributed by atoms with Gasteiger partial charge in [-0.15, -0.1) is 0 Å². The average Bonchev–Trinajstić information content (AvgIpc) is 3.27. The van der Waals surface area contributed by atoms with E-state index in [0.717, 1.165) is 46.6 Å². The highest BCUT2D eigenvalue weighted by Crippen LogP contribution is 2.38. The molecule has 174 valence electrons. The molecular formula is C28H29N3O3. The summed E-state index contributed by atoms with van der Waals surface area (Å²) in [6.45, 7) is 0.611. The lowest BCUT2D eigenvalue weighted by atomic mass is 9.97. The molecule has 0 radical (unpaired) electrons. The molecule has 1 aliphatic rings. The largest absolute Gasteiger partial charge is 0.497 e. The second kappa shape index (κ2) is 9.59. The molecule has 6 nitrogen and oxygen atoms in total. The number of hydrogen-bond acceptors (Lipinski definition) is 4. The second-order valence-electron chi connectivity index (χ2n) is 8.63. The molecule has 0 unspecified atom stereocenters. The Morgan fingerprint density at radius 3 is 2.74 bits per heavy atom. The third-order valence-corrected chi connectivity index (χ3v) is 6.51. The maximum absolute atomic E-state index is 13.2. The number of aromatic nitrogens is 2. The Hall–Kier alpha value is -3.80. The van der Waals surface area contributed by atoms with Crippen molar-refractivity contribution in [3.8, 4) is 22.8 Å². The summed E-state index contributed by atoms with van der Waals surface area (Å²) in [5.74, 6) is 1.16. The van der Waals surface area contributed by atoms with Crippen LogP contribution in [0, 0.1) is 0 Å². The number of carbonyl (C=O) groups excluding carboxylic acids is 1. The zero-order valence-electron chi connectivity index (χ0n) is 19.6. The van der Waals surface area contributed by atoms with Gasteiger partial charge < -0.3 is 19.8 Å². The number of hydrogen-bond donors (Lipinski definition) is 2. The molecule has 2 N–H and O–H groups in total. The molecule has 4 aromatic rings. The van der Waals surface area contributed by atoms with E-state index in [0.29, 0.717) is 29.4 Å². The summed E-state index contributed by atoms with van der Waals surface area (Å²) < 4.78 is 11.0. The number of benzene rings is 2. The van der Waals surface area contributed by atoms with Crippen LogP contribution < -0.4 is 14.8 Å². The molecule has 0 aliphatic heterocycles. The number of allylic oxidation sites excluding steroid dienone is 1. The Bertz CT molecular complexity index is 1390. The highest BCUT2D eigenvalue weighted by Gasteiger charge is 2.19. The van der Waals surface area contributed by atoms with Gasteiger partial charge in [0, 0.05) is 34.5 Å². The van der Waals surface area contributed by atoms with Gasteiger partial charge in [0.1, 0.15) is 17.2 Å². The number of nitrogens with zero attached hydrogens (tertiary/aromatic N) is 1. The maximum Gasteiger partial charge on any atom is 0.269 e. The summed E-state index contributed by atoms with van der Waals surface area (Å²) in [5, 5.41) is 5.08. The summed E-state index contributed by atoms with van der Waals surface area (Å²) in [7, 11) is 3.24. The van der Waals surface area contributed by atoms with Gasteiger partial charge in [0.2, 0.25) is 0 Å². The Morgan fingerprint density at radius 2 is 1.94 bits per heavy atom. The van der Waals surface area contributed by atoms with Crippen LogP contribution in [0.15, 0.2) is 60.2 Å². The monoisotopic (exact) mass is 455 g/mol. The molecule has 0 bridgehead atoms. The number of carbonyl (C=O) groups is 1. The smallest absolute Gasteiger partial charge is 0.269 e. The van der Waals surface area contributed by atoms with Crippen LogP contribution in [-0.4, -0.2) is 36.6 Å². The molecule has 0 saturated carbocycles. The number of rotatable bonds is 7. The molecule has 2 aromatic carbocycles. The third kappa shape index (κ3) is 4.23. The fraction of sp³-hybridized carbons (Fsp3) is 0.286. The number of pyridine rings is 1. The van der Waals surface area contributed by atoms with Crippen LogP contribution in [0.5, 0.6) is 11.5 Å². The SMILES string of the molecule is COc1ccc(-c2nc(C(=O)NCCC3=CCCCC3)cc3c2[nH]c2ccccc23)c(OC)c1. The first-order valence-corrected chi connectivity index (χ1v) is 11.8. The minimum Gasteiger partial charge on any atom is -0.497 e. The normalized spacial score (nSPS) is 13.6. The van der Waals surface area contributed by atoms with Gasteiger partial charge in [0.05, 0.1) is 25.4 Å². The summed E-state index contributed by atoms with van der Waals surface area (Å²) in [4.78, 5) is 21.5. The minimum atomic E-state index is -0.169. The Morgan fingerprint density at radius 1 is 1.06 bits per heavy atom. The van der Waals surface area contributed by atoms with Crippen molar-refractivity contribution < 1.29 is 14.3 Å². The summed E-state index contributed by atoms with van der Waals surface area (Å²) in [5.41, 5.74) is 5.16. The fourth-order valence-electron chi connectivity index (χ4n) is 4.71. The molecule has 2 aromatic heterocycles. The van der Waals surface area contributed by atoms with Crippen LogP contribution in [0.1, 0.15) is 42.6 Å². The van der Waals surface area contributed by atoms with Gasteiger partial charge in [-0.05, 0) is 56.4 Å². The van der Waals surface area contributed by atoms with Gasteiger partial charge in [-0.1, -0.05) is 29.8 Å². The fourth-order valence-corrected chi connectivity index (χ4v) is 4.71. The van der Waals surface area contributed by atoms with Crippen LogP contribution in [-0.2, 0) is 0 Å². The van der Waals surface area contributed by atoms with Crippen molar-refractivity contribution >= 4 is 27.7 Å². The van der Waals surface area contributed by atoms with E-state index in [-0.39, 0.29) is 5.91 Å². The van der Waals surface area contributed by atoms with Crippen molar-refractivity contribution in [3.05, 3.63) is 65.9 Å². The third-order valence-electron chi connectivity index (χ3n) is 6.51. The molecule has 0 saturated heterocycles. The lowest BCUT2D eigenvalue weighted by Gasteiger charge is -2.14. The molecule has 34 heavy (non-hydrogen) atoms. The minimum absolute atomic E-state index is 0.169. The van der Waals surface area contributed by atoms with Crippen molar-refractivity contribution in [1.29, 1.82) is 0 Å². The number of aromatic amines is 1. The molecular weight excluding hydrogens is 426 g/mol. The highest BCUT2D eigenvalue weighted by molar-refractivity contribution is 6.13. The lowest BCUT2D eigenvalue weighted by Crippen LogP contribution is -2.26. The van der Waals surface area contributed by atoms with Gasteiger partial charge in [-0.25, -0.2) is 4.98 Å². The van der Waals surface area contributed by atoms with Crippen molar-refractivity contribution in [2.45, 2.75) is 32.1 Å². The number of fused-ring (bicyclic) bond motifs is 3. The standard InChI is InChI=1S/C28H29N3O3/c1-33-19-12-13-21(25(16-19)34-2)26-27-22(20-10-6-7-11-23(20)30-27)17-24(31-26)28(32)29-15-14-18-8-4-3-5-9-18/h6-8,10-13,16-17,30H,3-5,9,14-15H2,1-2H3,(H,29,32). The first-order valence-electron chi connectivity index (χ1n) is 11.8. The summed E-state index contributed by atoms with van der Waals surface area (Å²) >= 11 is 0. The summed E-state index contributed by atoms with van der Waals surface area (Å²) in [6.07, 6.45) is 8.00. The number of methoxy groups -OCH3 is 2. The van der Waals surface area contributed by atoms with Crippen LogP contribution in [0.3, 0.4) is 0 Å². The van der Waals surface area contributed by atoms with Crippen molar-refractivity contribution in [3.63, 3.8) is 0 Å². The number of para-hydroxylation sites is 1. The van der Waals surface area contributed by atoms with Gasteiger partial charge in [-0.3, -0.25) is 4.79 Å². The second-order valence-corrected chi connectivity index (χ2v) is 8.63. The molecule has 1 aliphatic carbocycles. The van der Waals surface area contributed by atoms with E-state index in [4.69, 9.17) is 14.5 Å². The van der Waals surface area contributed by atoms with E-state index in [1.165, 1.54) is 18.4 Å². The Balaban J connectivity index is 1.56. The van der Waals surface area contributed by atoms with E-state index in [1.807, 2.05) is 42.5 Å². The predicted molar refractivity (Wildman–Crippen MR) is 136 cm³/mol. The van der Waals surface area contributed by atoms with Gasteiger partial charge in [0.15, 0.2) is 0 Å². The zero-order chi connectivity index (χ0) is 23.5. The van der Waals surface area contributed by atoms with Gasteiger partial charge in [-0.2, -0.15) is 0 Å². The van der Waals surface area contributed by atoms with Crippen LogP contribution in [0.2, 0.25) is 0 Å². The molecule has 6 heteroatoms. The van der Waals surface area contributed by atoms with Crippen LogP contribution >= 0.6 is 0 Å². The summed E-state index contributed by atoms with van der Waals surface area (Å²) in [6, 6.07) is 15.6. The maximum atomic E-state index is 13.2. The topological polar surface area (TPSA) is 76.2 Å². The quantitative estimate of drug-likeness (QED) is 0.334. The molecule has 0 spiro atoms. The zero-order valence-corrected chi connectivity index (χ0v) is 19.6. The van der Waals surface area contributed by atoms with E-state index in [1.54, 1.807) is 14.2 Å². The molecule has 0 atom stereocenters. The predicted octanol–water partition coefficient (Wildman–Crippen LogP) is 6.02. The van der Waals surface area contributed by atoms with Crippen molar-refractivity contribution in [1.82, 2.24) is 15.3 Å². The van der Waals surface area contributed by atoms with Crippen molar-refractivity contribution in [2.75, 3.05) is 20.8 Å². The molecule has 1 amide bonds. The van der Waals surface area contributed by atoms with Gasteiger partial charge in [0.25, 0.3) is 5.91 Å². The number of H-pyrrole nitrogens is 1. The lowest BCUT2D eigenvalue weighted by molar-refractivity contribution is 0.0949. The van der Waals surface area contributed by atoms with Crippen LogP contribution in [0.4, 0.5) is 0 Å². The van der Waals surface area contributed by atoms with E-state index in [9.17, 15) is 4.79 Å². The van der Waals surface area contributed by atoms with Crippen LogP contribution in [0.25, 0.3) is 33.1 Å². The molecule has 5 rings (SSSR count). The van der Waals surface area contributed by atoms with E-state index in [2.05, 4.69) is 22.4 Å². The number of ether oxygens (including phenoxy) is 2. The van der Waals surface area contributed by atoms with Gasteiger partial charge >= 0.3 is 0 Å². The Kier molecular flexibility index (Phi) is 6.21. The number of nitrogens with one attached hydrogen (secondary N) is 2. The Labute approximate surface area is 199 Å². The first-order chi connectivity index (χ1) is 16.7. The molecule has 2 heterocycles. The van der Waals surface area contributed by atoms with E-state index < -0.39 is 0 Å². The highest BCUT2D eigenvalue weighted by atomic mass is 16.5. The van der Waals surface area contributed by atoms with E-state index >= 15 is 0 Å². The average molecular weight is 456 g/mol. The number of amides is 1. The molecule has 0 fully saturated rings. The first kappa shape index (κ1) is 22.0. The van der Waals surface area contributed by atoms with Crippen molar-refractivity contribution in [2.24, 2.45) is 0 Å².